The van der Waals surface area contributed by atoms with Gasteiger partial charge in [0.1, 0.15) is 12.4 Å². The van der Waals surface area contributed by atoms with Crippen molar-refractivity contribution in [3.63, 3.8) is 0 Å². The van der Waals surface area contributed by atoms with Gasteiger partial charge in [0.05, 0.1) is 0 Å². The van der Waals surface area contributed by atoms with Crippen molar-refractivity contribution in [3.8, 4) is 5.75 Å². The van der Waals surface area contributed by atoms with Gasteiger partial charge in [0.25, 0.3) is 6.43 Å². The molecule has 0 fully saturated rings. The average molecular weight is 361 g/mol. The second-order valence-corrected chi connectivity index (χ2v) is 6.01. The lowest BCUT2D eigenvalue weighted by Gasteiger charge is -2.17. The van der Waals surface area contributed by atoms with Crippen LogP contribution in [0.15, 0.2) is 36.4 Å². The molecule has 0 unspecified atom stereocenters. The summed E-state index contributed by atoms with van der Waals surface area (Å²) >= 11 is 0. The Hall–Kier alpha value is -2.43. The van der Waals surface area contributed by atoms with E-state index in [9.17, 15) is 13.6 Å². The van der Waals surface area contributed by atoms with Crippen LogP contribution in [0.25, 0.3) is 0 Å². The number of benzene rings is 2. The lowest BCUT2D eigenvalue weighted by atomic mass is 10.0. The van der Waals surface area contributed by atoms with E-state index >= 15 is 0 Å². The lowest BCUT2D eigenvalue weighted by Crippen LogP contribution is -2.14. The highest BCUT2D eigenvalue weighted by Gasteiger charge is 2.18. The maximum absolute atomic E-state index is 13.4. The zero-order chi connectivity index (χ0) is 19.1. The first-order valence-corrected chi connectivity index (χ1v) is 8.94. The molecule has 0 aromatic heterocycles. The Balaban J connectivity index is 2.31. The first-order valence-electron chi connectivity index (χ1n) is 8.94. The number of anilines is 1. The molecule has 26 heavy (non-hydrogen) atoms. The summed E-state index contributed by atoms with van der Waals surface area (Å²) in [5.41, 5.74) is 2.81. The van der Waals surface area contributed by atoms with Crippen LogP contribution < -0.4 is 10.1 Å². The zero-order valence-electron chi connectivity index (χ0n) is 15.4. The predicted molar refractivity (Wildman–Crippen MR) is 99.8 cm³/mol. The first-order chi connectivity index (χ1) is 12.5. The van der Waals surface area contributed by atoms with Crippen molar-refractivity contribution in [2.24, 2.45) is 0 Å². The van der Waals surface area contributed by atoms with E-state index < -0.39 is 6.43 Å². The molecule has 140 valence electrons. The van der Waals surface area contributed by atoms with E-state index in [0.29, 0.717) is 17.0 Å². The Labute approximate surface area is 153 Å². The summed E-state index contributed by atoms with van der Waals surface area (Å²) in [6.07, 6.45) is -0.647. The van der Waals surface area contributed by atoms with Crippen LogP contribution in [0.1, 0.15) is 55.9 Å². The molecule has 0 saturated heterocycles. The number of carbonyl (C=O) groups is 1. The van der Waals surface area contributed by atoms with Gasteiger partial charge in [0.2, 0.25) is 5.91 Å². The number of amides is 1. The van der Waals surface area contributed by atoms with Gasteiger partial charge in [-0.2, -0.15) is 0 Å². The SMILES string of the molecule is CCC(=O)Nc1cccc(C(F)F)c1COc1ccc(CC)cc1CC. The number of rotatable bonds is 8. The molecule has 3 nitrogen and oxygen atoms in total. The van der Waals surface area contributed by atoms with E-state index in [0.717, 1.165) is 18.4 Å². The smallest absolute Gasteiger partial charge is 0.264 e. The summed E-state index contributed by atoms with van der Waals surface area (Å²) in [6.45, 7) is 5.79. The highest BCUT2D eigenvalue weighted by molar-refractivity contribution is 5.91. The topological polar surface area (TPSA) is 38.3 Å². The van der Waals surface area contributed by atoms with E-state index in [1.807, 2.05) is 19.1 Å². The van der Waals surface area contributed by atoms with Crippen molar-refractivity contribution >= 4 is 11.6 Å². The van der Waals surface area contributed by atoms with Crippen LogP contribution in [0.5, 0.6) is 5.75 Å². The number of hydrogen-bond acceptors (Lipinski definition) is 2. The molecule has 2 aromatic carbocycles. The molecule has 0 bridgehead atoms. The summed E-state index contributed by atoms with van der Waals surface area (Å²) in [5, 5.41) is 2.69. The minimum atomic E-state index is -2.64. The minimum absolute atomic E-state index is 0.0295. The molecule has 1 N–H and O–H groups in total. The molecular weight excluding hydrogens is 336 g/mol. The molecule has 2 aromatic rings. The Bertz CT molecular complexity index is 760. The molecule has 0 aliphatic heterocycles. The third-order valence-corrected chi connectivity index (χ3v) is 4.33. The van der Waals surface area contributed by atoms with Crippen molar-refractivity contribution in [1.29, 1.82) is 0 Å². The molecule has 5 heteroatoms. The van der Waals surface area contributed by atoms with Crippen LogP contribution >= 0.6 is 0 Å². The molecule has 0 saturated carbocycles. The van der Waals surface area contributed by atoms with Crippen LogP contribution in [0, 0.1) is 0 Å². The monoisotopic (exact) mass is 361 g/mol. The highest BCUT2D eigenvalue weighted by atomic mass is 19.3. The van der Waals surface area contributed by atoms with Gasteiger partial charge >= 0.3 is 0 Å². The third-order valence-electron chi connectivity index (χ3n) is 4.33. The number of alkyl halides is 2. The molecule has 0 heterocycles. The van der Waals surface area contributed by atoms with Crippen LogP contribution in [-0.4, -0.2) is 5.91 Å². The zero-order valence-corrected chi connectivity index (χ0v) is 15.4. The summed E-state index contributed by atoms with van der Waals surface area (Å²) < 4.78 is 32.7. The van der Waals surface area contributed by atoms with Gasteiger partial charge in [-0.1, -0.05) is 45.0 Å². The lowest BCUT2D eigenvalue weighted by molar-refractivity contribution is -0.115. The number of halogens is 2. The molecule has 0 aliphatic rings. The van der Waals surface area contributed by atoms with Crippen molar-refractivity contribution in [2.75, 3.05) is 5.32 Å². The van der Waals surface area contributed by atoms with E-state index in [-0.39, 0.29) is 24.5 Å². The second-order valence-electron chi connectivity index (χ2n) is 6.01. The Morgan fingerprint density at radius 2 is 1.88 bits per heavy atom. The molecule has 1 amide bonds. The quantitative estimate of drug-likeness (QED) is 0.657. The van der Waals surface area contributed by atoms with Gasteiger partial charge in [-0.25, -0.2) is 8.78 Å². The van der Waals surface area contributed by atoms with Crippen molar-refractivity contribution in [2.45, 2.75) is 53.1 Å². The number of hydrogen-bond donors (Lipinski definition) is 1. The molecular formula is C21H25F2NO2. The number of nitrogens with one attached hydrogen (secondary N) is 1. The molecule has 2 rings (SSSR count). The van der Waals surface area contributed by atoms with Crippen LogP contribution in [0.3, 0.4) is 0 Å². The largest absolute Gasteiger partial charge is 0.489 e. The normalized spacial score (nSPS) is 10.8. The third kappa shape index (κ3) is 4.81. The summed E-state index contributed by atoms with van der Waals surface area (Å²) in [4.78, 5) is 11.7. The molecule has 0 atom stereocenters. The summed E-state index contributed by atoms with van der Waals surface area (Å²) in [7, 11) is 0. The summed E-state index contributed by atoms with van der Waals surface area (Å²) in [5.74, 6) is 0.459. The van der Waals surface area contributed by atoms with E-state index in [4.69, 9.17) is 4.74 Å². The van der Waals surface area contributed by atoms with Crippen LogP contribution in [0.2, 0.25) is 0 Å². The Morgan fingerprint density at radius 1 is 1.12 bits per heavy atom. The molecule has 0 aliphatic carbocycles. The molecule has 0 radical (unpaired) electrons. The van der Waals surface area contributed by atoms with Gasteiger partial charge in [-0.15, -0.1) is 0 Å². The Kier molecular flexibility index (Phi) is 7.13. The van der Waals surface area contributed by atoms with Crippen LogP contribution in [-0.2, 0) is 24.2 Å². The van der Waals surface area contributed by atoms with Crippen molar-refractivity contribution in [1.82, 2.24) is 0 Å². The van der Waals surface area contributed by atoms with Crippen molar-refractivity contribution < 1.29 is 18.3 Å². The highest BCUT2D eigenvalue weighted by Crippen LogP contribution is 2.31. The number of aryl methyl sites for hydroxylation is 2. The van der Waals surface area contributed by atoms with Gasteiger partial charge in [0.15, 0.2) is 0 Å². The van der Waals surface area contributed by atoms with Gasteiger partial charge in [-0.3, -0.25) is 4.79 Å². The van der Waals surface area contributed by atoms with Crippen molar-refractivity contribution in [3.05, 3.63) is 58.7 Å². The molecule has 0 spiro atoms. The summed E-state index contributed by atoms with van der Waals surface area (Å²) in [6, 6.07) is 10.4. The van der Waals surface area contributed by atoms with Gasteiger partial charge in [0, 0.05) is 23.2 Å². The van der Waals surface area contributed by atoms with Gasteiger partial charge < -0.3 is 10.1 Å². The Morgan fingerprint density at radius 3 is 2.50 bits per heavy atom. The van der Waals surface area contributed by atoms with Gasteiger partial charge in [-0.05, 0) is 36.1 Å². The average Bonchev–Trinajstić information content (AvgIpc) is 2.66. The van der Waals surface area contributed by atoms with E-state index in [1.165, 1.54) is 17.7 Å². The van der Waals surface area contributed by atoms with E-state index in [1.54, 1.807) is 13.0 Å². The fourth-order valence-corrected chi connectivity index (χ4v) is 2.75. The minimum Gasteiger partial charge on any atom is -0.489 e. The maximum atomic E-state index is 13.4. The van der Waals surface area contributed by atoms with E-state index in [2.05, 4.69) is 18.3 Å². The fraction of sp³-hybridized carbons (Fsp3) is 0.381. The standard InChI is InChI=1S/C21H25F2NO2/c1-4-14-10-11-19(15(5-2)12-14)26-13-17-16(21(22)23)8-7-9-18(17)24-20(25)6-3/h7-12,21H,4-6,13H2,1-3H3,(H,24,25). The number of ether oxygens (including phenoxy) is 1. The number of carbonyl (C=O) groups excluding carboxylic acids is 1. The fourth-order valence-electron chi connectivity index (χ4n) is 2.75. The maximum Gasteiger partial charge on any atom is 0.264 e. The first kappa shape index (κ1) is 19.9. The second kappa shape index (κ2) is 9.32. The van der Waals surface area contributed by atoms with Crippen LogP contribution in [0.4, 0.5) is 14.5 Å². The predicted octanol–water partition coefficient (Wildman–Crippen LogP) is 5.68.